The number of aromatic nitrogens is 1. The molecule has 6 nitrogen and oxygen atoms in total. The summed E-state index contributed by atoms with van der Waals surface area (Å²) in [6.07, 6.45) is 1.77. The number of carbonyl (C=O) groups excluding carboxylic acids is 2. The summed E-state index contributed by atoms with van der Waals surface area (Å²) in [5.41, 5.74) is 7.19. The molecule has 2 aromatic rings. The van der Waals surface area contributed by atoms with Crippen LogP contribution < -0.4 is 5.73 Å². The number of amides is 2. The number of nitrogens with zero attached hydrogens (tertiary/aromatic N) is 3. The van der Waals surface area contributed by atoms with Gasteiger partial charge in [-0.25, -0.2) is 0 Å². The maximum Gasteiger partial charge on any atom is 0.272 e. The van der Waals surface area contributed by atoms with E-state index in [1.165, 1.54) is 0 Å². The molecule has 2 aliphatic heterocycles. The van der Waals surface area contributed by atoms with Crippen molar-refractivity contribution in [2.75, 3.05) is 18.8 Å². The Morgan fingerprint density at radius 2 is 1.96 bits per heavy atom. The molecule has 1 atom stereocenters. The van der Waals surface area contributed by atoms with Crippen molar-refractivity contribution in [3.05, 3.63) is 53.9 Å². The standard InChI is InChI=1S/C17H18N4O2/c1-12(22)20-7-8-21-16(23)15-9-14(18)10-19(15)11-17(20,21)13-5-3-2-4-6-13/h2-6,9-10H,7-8,11,18H2,1H3. The summed E-state index contributed by atoms with van der Waals surface area (Å²) in [5.74, 6) is -0.117. The highest BCUT2D eigenvalue weighted by Gasteiger charge is 2.55. The summed E-state index contributed by atoms with van der Waals surface area (Å²) in [5, 5.41) is 0. The van der Waals surface area contributed by atoms with Gasteiger partial charge in [0.2, 0.25) is 5.91 Å². The molecule has 2 aliphatic rings. The summed E-state index contributed by atoms with van der Waals surface area (Å²) in [6.45, 7) is 3.11. The highest BCUT2D eigenvalue weighted by atomic mass is 16.2. The normalized spacial score (nSPS) is 22.9. The van der Waals surface area contributed by atoms with E-state index in [0.717, 1.165) is 5.56 Å². The summed E-state index contributed by atoms with van der Waals surface area (Å²) in [6, 6.07) is 11.4. The highest BCUT2D eigenvalue weighted by Crippen LogP contribution is 2.43. The molecule has 118 valence electrons. The first kappa shape index (κ1) is 13.9. The van der Waals surface area contributed by atoms with Crippen LogP contribution in [0.25, 0.3) is 0 Å². The molecule has 1 saturated heterocycles. The van der Waals surface area contributed by atoms with Crippen LogP contribution in [0.2, 0.25) is 0 Å². The van der Waals surface area contributed by atoms with E-state index in [1.807, 2.05) is 34.9 Å². The molecule has 0 aliphatic carbocycles. The zero-order chi connectivity index (χ0) is 16.2. The largest absolute Gasteiger partial charge is 0.397 e. The SMILES string of the molecule is CC(=O)N1CCN2C(=O)c3cc(N)cn3CC12c1ccccc1. The van der Waals surface area contributed by atoms with Crippen LogP contribution in [0.4, 0.5) is 5.69 Å². The summed E-state index contributed by atoms with van der Waals surface area (Å²) in [7, 11) is 0. The van der Waals surface area contributed by atoms with E-state index in [4.69, 9.17) is 5.73 Å². The fourth-order valence-electron chi connectivity index (χ4n) is 3.90. The molecule has 1 aromatic heterocycles. The van der Waals surface area contributed by atoms with Crippen molar-refractivity contribution in [3.63, 3.8) is 0 Å². The van der Waals surface area contributed by atoms with Gasteiger partial charge in [-0.2, -0.15) is 0 Å². The number of fused-ring (bicyclic) bond motifs is 2. The minimum atomic E-state index is -0.775. The molecule has 0 spiro atoms. The fourth-order valence-corrected chi connectivity index (χ4v) is 3.90. The van der Waals surface area contributed by atoms with E-state index in [1.54, 1.807) is 29.0 Å². The molecule has 0 bridgehead atoms. The Kier molecular flexibility index (Phi) is 2.78. The lowest BCUT2D eigenvalue weighted by Crippen LogP contribution is -2.59. The number of nitrogens with two attached hydrogens (primary N) is 1. The van der Waals surface area contributed by atoms with E-state index in [9.17, 15) is 9.59 Å². The van der Waals surface area contributed by atoms with Crippen LogP contribution in [0, 0.1) is 0 Å². The molecule has 0 radical (unpaired) electrons. The van der Waals surface area contributed by atoms with Gasteiger partial charge in [0.25, 0.3) is 5.91 Å². The van der Waals surface area contributed by atoms with Crippen molar-refractivity contribution >= 4 is 17.5 Å². The first-order chi connectivity index (χ1) is 11.0. The molecule has 4 rings (SSSR count). The summed E-state index contributed by atoms with van der Waals surface area (Å²) in [4.78, 5) is 28.8. The van der Waals surface area contributed by atoms with Crippen LogP contribution in [0.1, 0.15) is 23.0 Å². The molecular formula is C17H18N4O2. The van der Waals surface area contributed by atoms with Crippen molar-refractivity contribution in [1.29, 1.82) is 0 Å². The third-order valence-electron chi connectivity index (χ3n) is 4.83. The Morgan fingerprint density at radius 3 is 2.65 bits per heavy atom. The van der Waals surface area contributed by atoms with Crippen LogP contribution in [0.3, 0.4) is 0 Å². The van der Waals surface area contributed by atoms with E-state index in [2.05, 4.69) is 0 Å². The van der Waals surface area contributed by atoms with Crippen molar-refractivity contribution < 1.29 is 9.59 Å². The number of nitrogen functional groups attached to an aromatic ring is 1. The minimum absolute atomic E-state index is 0.0345. The predicted molar refractivity (Wildman–Crippen MR) is 85.4 cm³/mol. The zero-order valence-electron chi connectivity index (χ0n) is 12.9. The lowest BCUT2D eigenvalue weighted by Gasteiger charge is -2.47. The number of rotatable bonds is 1. The van der Waals surface area contributed by atoms with E-state index < -0.39 is 5.66 Å². The third kappa shape index (κ3) is 1.75. The van der Waals surface area contributed by atoms with Gasteiger partial charge in [-0.15, -0.1) is 0 Å². The molecule has 6 heteroatoms. The van der Waals surface area contributed by atoms with Crippen LogP contribution >= 0.6 is 0 Å². The maximum absolute atomic E-state index is 13.0. The van der Waals surface area contributed by atoms with Gasteiger partial charge in [0, 0.05) is 26.2 Å². The van der Waals surface area contributed by atoms with Crippen LogP contribution in [0.15, 0.2) is 42.6 Å². The lowest BCUT2D eigenvalue weighted by molar-refractivity contribution is -0.138. The molecule has 3 heterocycles. The molecule has 2 N–H and O–H groups in total. The fraction of sp³-hybridized carbons (Fsp3) is 0.294. The van der Waals surface area contributed by atoms with Gasteiger partial charge in [0.05, 0.1) is 12.2 Å². The smallest absolute Gasteiger partial charge is 0.272 e. The Labute approximate surface area is 134 Å². The Morgan fingerprint density at radius 1 is 1.22 bits per heavy atom. The Hall–Kier alpha value is -2.76. The average Bonchev–Trinajstić information content (AvgIpc) is 3.09. The topological polar surface area (TPSA) is 71.6 Å². The van der Waals surface area contributed by atoms with Gasteiger partial charge in [-0.1, -0.05) is 30.3 Å². The maximum atomic E-state index is 13.0. The molecule has 0 saturated carbocycles. The van der Waals surface area contributed by atoms with Crippen LogP contribution in [-0.2, 0) is 17.0 Å². The number of hydrogen-bond acceptors (Lipinski definition) is 3. The first-order valence-electron chi connectivity index (χ1n) is 7.65. The van der Waals surface area contributed by atoms with Crippen molar-refractivity contribution in [3.8, 4) is 0 Å². The van der Waals surface area contributed by atoms with Crippen molar-refractivity contribution in [1.82, 2.24) is 14.4 Å². The molecule has 23 heavy (non-hydrogen) atoms. The number of hydrogen-bond donors (Lipinski definition) is 1. The van der Waals surface area contributed by atoms with Crippen LogP contribution in [-0.4, -0.2) is 39.3 Å². The van der Waals surface area contributed by atoms with Crippen molar-refractivity contribution in [2.45, 2.75) is 19.1 Å². The Balaban J connectivity index is 1.95. The number of anilines is 1. The molecule has 1 fully saturated rings. The molecule has 1 aromatic carbocycles. The second kappa shape index (κ2) is 4.62. The molecule has 1 unspecified atom stereocenters. The highest BCUT2D eigenvalue weighted by molar-refractivity contribution is 5.96. The van der Waals surface area contributed by atoms with Gasteiger partial charge in [0.1, 0.15) is 5.69 Å². The second-order valence-corrected chi connectivity index (χ2v) is 6.10. The predicted octanol–water partition coefficient (Wildman–Crippen LogP) is 1.24. The van der Waals surface area contributed by atoms with Gasteiger partial charge in [-0.05, 0) is 11.6 Å². The average molecular weight is 310 g/mol. The van der Waals surface area contributed by atoms with E-state index in [-0.39, 0.29) is 11.8 Å². The molecular weight excluding hydrogens is 292 g/mol. The second-order valence-electron chi connectivity index (χ2n) is 6.10. The molecule has 2 amide bonds. The van der Waals surface area contributed by atoms with Gasteiger partial charge in [0.15, 0.2) is 5.66 Å². The van der Waals surface area contributed by atoms with Gasteiger partial charge < -0.3 is 20.1 Å². The number of benzene rings is 1. The zero-order valence-corrected chi connectivity index (χ0v) is 12.9. The van der Waals surface area contributed by atoms with Gasteiger partial charge in [-0.3, -0.25) is 9.59 Å². The monoisotopic (exact) mass is 310 g/mol. The van der Waals surface area contributed by atoms with E-state index >= 15 is 0 Å². The van der Waals surface area contributed by atoms with Crippen LogP contribution in [0.5, 0.6) is 0 Å². The van der Waals surface area contributed by atoms with Crippen molar-refractivity contribution in [2.24, 2.45) is 0 Å². The quantitative estimate of drug-likeness (QED) is 0.861. The Bertz CT molecular complexity index is 798. The van der Waals surface area contributed by atoms with Gasteiger partial charge >= 0.3 is 0 Å². The summed E-state index contributed by atoms with van der Waals surface area (Å²) >= 11 is 0. The first-order valence-corrected chi connectivity index (χ1v) is 7.65. The third-order valence-corrected chi connectivity index (χ3v) is 4.83. The minimum Gasteiger partial charge on any atom is -0.397 e. The van der Waals surface area contributed by atoms with E-state index in [0.29, 0.717) is 31.0 Å². The number of carbonyl (C=O) groups is 2. The lowest BCUT2D eigenvalue weighted by atomic mass is 9.94. The summed E-state index contributed by atoms with van der Waals surface area (Å²) < 4.78 is 1.86.